The van der Waals surface area contributed by atoms with Crippen LogP contribution < -0.4 is 5.63 Å². The van der Waals surface area contributed by atoms with Gasteiger partial charge in [0.05, 0.1) is 12.2 Å². The number of esters is 1. The minimum atomic E-state index is -1.18. The van der Waals surface area contributed by atoms with Gasteiger partial charge in [-0.1, -0.05) is 13.8 Å². The van der Waals surface area contributed by atoms with Crippen molar-refractivity contribution in [3.8, 4) is 0 Å². The number of epoxide rings is 1. The summed E-state index contributed by atoms with van der Waals surface area (Å²) in [5.74, 6) is -0.609. The van der Waals surface area contributed by atoms with Crippen molar-refractivity contribution in [1.29, 1.82) is 0 Å². The fraction of sp³-hybridized carbons (Fsp3) is 0.667. The van der Waals surface area contributed by atoms with E-state index in [0.29, 0.717) is 23.3 Å². The Labute approximate surface area is 143 Å². The molecular weight excluding hydrogens is 328 g/mol. The molecule has 7 heteroatoms. The van der Waals surface area contributed by atoms with Crippen LogP contribution in [0.2, 0.25) is 0 Å². The van der Waals surface area contributed by atoms with E-state index < -0.39 is 52.8 Å². The van der Waals surface area contributed by atoms with Gasteiger partial charge >= 0.3 is 11.6 Å². The molecule has 4 unspecified atom stereocenters. The molecule has 2 aliphatic heterocycles. The maximum atomic E-state index is 12.7. The topological polar surface area (TPSA) is 110 Å². The molecule has 7 nitrogen and oxygen atoms in total. The molecule has 4 aliphatic rings. The molecule has 3 heterocycles. The number of hydrogen-bond acceptors (Lipinski definition) is 7. The van der Waals surface area contributed by atoms with E-state index in [1.807, 2.05) is 13.8 Å². The summed E-state index contributed by atoms with van der Waals surface area (Å²) >= 11 is 0. The number of rotatable bonds is 1. The summed E-state index contributed by atoms with van der Waals surface area (Å²) in [5.41, 5.74) is -1.22. The van der Waals surface area contributed by atoms with Gasteiger partial charge in [0.2, 0.25) is 0 Å². The van der Waals surface area contributed by atoms with Crippen molar-refractivity contribution in [2.45, 2.75) is 63.1 Å². The largest absolute Gasteiger partial charge is 0.458 e. The number of carbonyl (C=O) groups is 1. The third-order valence-corrected chi connectivity index (χ3v) is 6.93. The van der Waals surface area contributed by atoms with E-state index in [9.17, 15) is 19.8 Å². The van der Waals surface area contributed by atoms with Gasteiger partial charge in [-0.2, -0.15) is 0 Å². The molecule has 5 rings (SSSR count). The average Bonchev–Trinajstić information content (AvgIpc) is 3.33. The Kier molecular flexibility index (Phi) is 2.70. The van der Waals surface area contributed by atoms with Crippen molar-refractivity contribution in [1.82, 2.24) is 0 Å². The molecule has 0 aromatic carbocycles. The quantitative estimate of drug-likeness (QED) is 0.551. The molecule has 0 radical (unpaired) electrons. The Balaban J connectivity index is 1.85. The monoisotopic (exact) mass is 348 g/mol. The fourth-order valence-corrected chi connectivity index (χ4v) is 5.74. The second kappa shape index (κ2) is 4.34. The van der Waals surface area contributed by atoms with Crippen LogP contribution in [0.1, 0.15) is 43.8 Å². The van der Waals surface area contributed by atoms with Crippen LogP contribution in [0.5, 0.6) is 0 Å². The molecule has 1 aromatic heterocycles. The lowest BCUT2D eigenvalue weighted by atomic mass is 9.48. The van der Waals surface area contributed by atoms with Crippen molar-refractivity contribution in [2.24, 2.45) is 11.3 Å². The fourth-order valence-electron chi connectivity index (χ4n) is 5.74. The van der Waals surface area contributed by atoms with Gasteiger partial charge in [0.1, 0.15) is 29.5 Å². The molecule has 1 aromatic rings. The highest BCUT2D eigenvalue weighted by atomic mass is 16.6. The second-order valence-electron chi connectivity index (χ2n) is 7.99. The molecule has 3 fully saturated rings. The Bertz CT molecular complexity index is 859. The first-order valence-electron chi connectivity index (χ1n) is 8.66. The van der Waals surface area contributed by atoms with Crippen LogP contribution in [0.15, 0.2) is 15.3 Å². The van der Waals surface area contributed by atoms with Crippen LogP contribution in [0, 0.1) is 11.3 Å². The zero-order chi connectivity index (χ0) is 17.9. The summed E-state index contributed by atoms with van der Waals surface area (Å²) in [7, 11) is 0. The molecule has 0 amide bonds. The zero-order valence-electron chi connectivity index (χ0n) is 14.2. The molecule has 2 aliphatic carbocycles. The van der Waals surface area contributed by atoms with Crippen molar-refractivity contribution in [3.05, 3.63) is 33.4 Å². The molecule has 2 saturated heterocycles. The lowest BCUT2D eigenvalue weighted by molar-refractivity contribution is -0.156. The van der Waals surface area contributed by atoms with E-state index in [4.69, 9.17) is 13.9 Å². The SMILES string of the molecule is CCc1oc(=O)cc2c1C(O)[C@H]1OC(=O)[C@@]3(C)C(O)C4OC4[C@@]2(C)[C@@H]13. The highest BCUT2D eigenvalue weighted by molar-refractivity contribution is 5.82. The van der Waals surface area contributed by atoms with Crippen molar-refractivity contribution in [3.63, 3.8) is 0 Å². The first-order valence-corrected chi connectivity index (χ1v) is 8.66. The van der Waals surface area contributed by atoms with Crippen LogP contribution in [0.4, 0.5) is 0 Å². The lowest BCUT2D eigenvalue weighted by Crippen LogP contribution is -2.62. The molecule has 8 atom stereocenters. The molecule has 0 spiro atoms. The van der Waals surface area contributed by atoms with Crippen LogP contribution in [-0.2, 0) is 26.1 Å². The molecule has 134 valence electrons. The minimum Gasteiger partial charge on any atom is -0.458 e. The minimum absolute atomic E-state index is 0.324. The lowest BCUT2D eigenvalue weighted by Gasteiger charge is -2.51. The molecule has 25 heavy (non-hydrogen) atoms. The summed E-state index contributed by atoms with van der Waals surface area (Å²) in [6.45, 7) is 5.45. The predicted molar refractivity (Wildman–Crippen MR) is 82.8 cm³/mol. The first-order chi connectivity index (χ1) is 11.8. The molecule has 2 N–H and O–H groups in total. The number of aliphatic hydroxyl groups excluding tert-OH is 2. The Morgan fingerprint density at radius 2 is 1.88 bits per heavy atom. The molecule has 0 bridgehead atoms. The van der Waals surface area contributed by atoms with Gasteiger partial charge in [0.25, 0.3) is 0 Å². The van der Waals surface area contributed by atoms with E-state index in [2.05, 4.69) is 0 Å². The van der Waals surface area contributed by atoms with Gasteiger partial charge in [0, 0.05) is 29.4 Å². The van der Waals surface area contributed by atoms with Crippen LogP contribution in [-0.4, -0.2) is 40.6 Å². The van der Waals surface area contributed by atoms with E-state index in [-0.39, 0.29) is 6.10 Å². The second-order valence-corrected chi connectivity index (χ2v) is 7.99. The third-order valence-electron chi connectivity index (χ3n) is 6.93. The van der Waals surface area contributed by atoms with E-state index >= 15 is 0 Å². The maximum Gasteiger partial charge on any atom is 0.336 e. The molecular formula is C18H20O7. The van der Waals surface area contributed by atoms with Gasteiger partial charge in [-0.25, -0.2) is 4.79 Å². The van der Waals surface area contributed by atoms with Crippen molar-refractivity contribution >= 4 is 5.97 Å². The predicted octanol–water partition coefficient (Wildman–Crippen LogP) is 0.197. The Hall–Kier alpha value is -1.70. The van der Waals surface area contributed by atoms with Crippen molar-refractivity contribution < 1.29 is 28.9 Å². The number of carbonyl (C=O) groups excluding carboxylic acids is 1. The van der Waals surface area contributed by atoms with Gasteiger partial charge < -0.3 is 24.1 Å². The van der Waals surface area contributed by atoms with Crippen molar-refractivity contribution in [2.75, 3.05) is 0 Å². The Morgan fingerprint density at radius 3 is 2.56 bits per heavy atom. The maximum absolute atomic E-state index is 12.7. The highest BCUT2D eigenvalue weighted by Gasteiger charge is 2.79. The number of aliphatic hydroxyl groups is 2. The smallest absolute Gasteiger partial charge is 0.336 e. The van der Waals surface area contributed by atoms with E-state index in [1.165, 1.54) is 6.07 Å². The molecule has 1 saturated carbocycles. The first kappa shape index (κ1) is 15.5. The number of fused-ring (bicyclic) bond motifs is 4. The average molecular weight is 348 g/mol. The third kappa shape index (κ3) is 1.50. The van der Waals surface area contributed by atoms with Gasteiger partial charge in [-0.05, 0) is 12.5 Å². The standard InChI is InChI=1S/C18H20O7/c1-4-7-9-6(5-8(19)23-7)17(2)13-11(10(9)20)25-16(22)18(13,3)14(21)12-15(17)24-12/h5,10-15,20-21H,4H2,1-3H3/t10?,11-,12?,13-,14?,15?,17-,18-/m1/s1. The summed E-state index contributed by atoms with van der Waals surface area (Å²) < 4.78 is 16.6. The number of aryl methyl sites for hydroxylation is 1. The van der Waals surface area contributed by atoms with Gasteiger partial charge in [0.15, 0.2) is 0 Å². The zero-order valence-corrected chi connectivity index (χ0v) is 14.2. The van der Waals surface area contributed by atoms with Gasteiger partial charge in [-0.3, -0.25) is 4.79 Å². The highest BCUT2D eigenvalue weighted by Crippen LogP contribution is 2.68. The van der Waals surface area contributed by atoms with E-state index in [0.717, 1.165) is 0 Å². The van der Waals surface area contributed by atoms with Crippen LogP contribution >= 0.6 is 0 Å². The van der Waals surface area contributed by atoms with Crippen LogP contribution in [0.3, 0.4) is 0 Å². The summed E-state index contributed by atoms with van der Waals surface area (Å²) in [4.78, 5) is 24.8. The van der Waals surface area contributed by atoms with E-state index in [1.54, 1.807) is 6.92 Å². The summed E-state index contributed by atoms with van der Waals surface area (Å²) in [6, 6.07) is 1.40. The number of hydrogen-bond donors (Lipinski definition) is 2. The number of ether oxygens (including phenoxy) is 2. The summed E-state index contributed by atoms with van der Waals surface area (Å²) in [5, 5.41) is 21.7. The van der Waals surface area contributed by atoms with Crippen LogP contribution in [0.25, 0.3) is 0 Å². The Morgan fingerprint density at radius 1 is 1.16 bits per heavy atom. The normalized spacial score (nSPS) is 49.1. The van der Waals surface area contributed by atoms with Gasteiger partial charge in [-0.15, -0.1) is 0 Å². The summed E-state index contributed by atoms with van der Waals surface area (Å²) in [6.07, 6.45) is -3.25.